The highest BCUT2D eigenvalue weighted by Crippen LogP contribution is 2.17. The van der Waals surface area contributed by atoms with Gasteiger partial charge in [-0.3, -0.25) is 4.79 Å². The Morgan fingerprint density at radius 2 is 2.00 bits per heavy atom. The summed E-state index contributed by atoms with van der Waals surface area (Å²) in [6.07, 6.45) is 8.02. The standard InChI is InChI=1S/C13H20O2/c1-3-5-12(6-4-2)13(14)9-11-7-8-15-10-11/h7-8,10,12H,3-6,9H2,1-2H3. The monoisotopic (exact) mass is 208 g/mol. The van der Waals surface area contributed by atoms with Crippen LogP contribution in [0.15, 0.2) is 23.0 Å². The summed E-state index contributed by atoms with van der Waals surface area (Å²) in [5.74, 6) is 0.606. The molecule has 0 saturated heterocycles. The third-order valence-electron chi connectivity index (χ3n) is 2.69. The first-order valence-electron chi connectivity index (χ1n) is 5.81. The molecule has 0 aromatic carbocycles. The smallest absolute Gasteiger partial charge is 0.140 e. The van der Waals surface area contributed by atoms with Crippen LogP contribution in [-0.4, -0.2) is 5.78 Å². The molecule has 0 fully saturated rings. The lowest BCUT2D eigenvalue weighted by Crippen LogP contribution is -2.16. The minimum absolute atomic E-state index is 0.245. The molecular formula is C13H20O2. The Balaban J connectivity index is 2.48. The molecule has 0 N–H and O–H groups in total. The molecule has 0 spiro atoms. The van der Waals surface area contributed by atoms with E-state index in [0.29, 0.717) is 12.2 Å². The van der Waals surface area contributed by atoms with Crippen LogP contribution in [0, 0.1) is 5.92 Å². The summed E-state index contributed by atoms with van der Waals surface area (Å²) in [7, 11) is 0. The Morgan fingerprint density at radius 3 is 2.47 bits per heavy atom. The average molecular weight is 208 g/mol. The van der Waals surface area contributed by atoms with Gasteiger partial charge in [-0.25, -0.2) is 0 Å². The zero-order chi connectivity index (χ0) is 11.1. The summed E-state index contributed by atoms with van der Waals surface area (Å²) in [6.45, 7) is 4.27. The Labute approximate surface area is 91.7 Å². The predicted octanol–water partition coefficient (Wildman–Crippen LogP) is 3.61. The summed E-state index contributed by atoms with van der Waals surface area (Å²) >= 11 is 0. The van der Waals surface area contributed by atoms with Gasteiger partial charge in [0.1, 0.15) is 5.78 Å². The molecule has 84 valence electrons. The molecule has 0 bridgehead atoms. The molecule has 0 aliphatic carbocycles. The zero-order valence-corrected chi connectivity index (χ0v) is 9.66. The summed E-state index contributed by atoms with van der Waals surface area (Å²) < 4.78 is 4.96. The number of rotatable bonds is 7. The number of carbonyl (C=O) groups excluding carboxylic acids is 1. The van der Waals surface area contributed by atoms with E-state index in [1.165, 1.54) is 0 Å². The lowest BCUT2D eigenvalue weighted by molar-refractivity contribution is -0.122. The Bertz CT molecular complexity index is 269. The molecule has 0 radical (unpaired) electrons. The molecule has 0 aliphatic heterocycles. The van der Waals surface area contributed by atoms with Gasteiger partial charge in [-0.1, -0.05) is 26.7 Å². The van der Waals surface area contributed by atoms with Crippen LogP contribution in [0.4, 0.5) is 0 Å². The quantitative estimate of drug-likeness (QED) is 0.685. The van der Waals surface area contributed by atoms with E-state index in [-0.39, 0.29) is 5.92 Å². The van der Waals surface area contributed by atoms with E-state index in [0.717, 1.165) is 31.2 Å². The maximum absolute atomic E-state index is 11.9. The van der Waals surface area contributed by atoms with E-state index in [1.54, 1.807) is 12.5 Å². The molecule has 1 aromatic heterocycles. The van der Waals surface area contributed by atoms with E-state index in [2.05, 4.69) is 13.8 Å². The van der Waals surface area contributed by atoms with Crippen molar-refractivity contribution in [1.29, 1.82) is 0 Å². The second kappa shape index (κ2) is 6.44. The third kappa shape index (κ3) is 3.90. The van der Waals surface area contributed by atoms with Crippen molar-refractivity contribution in [3.8, 4) is 0 Å². The second-order valence-corrected chi connectivity index (χ2v) is 4.05. The average Bonchev–Trinajstić information content (AvgIpc) is 2.70. The highest BCUT2D eigenvalue weighted by Gasteiger charge is 2.16. The highest BCUT2D eigenvalue weighted by molar-refractivity contribution is 5.83. The Kier molecular flexibility index (Phi) is 5.16. The van der Waals surface area contributed by atoms with E-state index < -0.39 is 0 Å². The van der Waals surface area contributed by atoms with E-state index in [4.69, 9.17) is 4.42 Å². The number of hydrogen-bond acceptors (Lipinski definition) is 2. The van der Waals surface area contributed by atoms with Crippen LogP contribution >= 0.6 is 0 Å². The fourth-order valence-electron chi connectivity index (χ4n) is 1.90. The minimum Gasteiger partial charge on any atom is -0.472 e. The summed E-state index contributed by atoms with van der Waals surface area (Å²) in [4.78, 5) is 11.9. The molecule has 2 nitrogen and oxygen atoms in total. The van der Waals surface area contributed by atoms with Gasteiger partial charge in [0, 0.05) is 12.3 Å². The van der Waals surface area contributed by atoms with Crippen LogP contribution in [-0.2, 0) is 11.2 Å². The minimum atomic E-state index is 0.245. The SMILES string of the molecule is CCCC(CCC)C(=O)Cc1ccoc1. The lowest BCUT2D eigenvalue weighted by Gasteiger charge is -2.12. The molecule has 1 heterocycles. The number of furan rings is 1. The van der Waals surface area contributed by atoms with Gasteiger partial charge >= 0.3 is 0 Å². The summed E-state index contributed by atoms with van der Waals surface area (Å²) in [5.41, 5.74) is 0.997. The van der Waals surface area contributed by atoms with Crippen LogP contribution < -0.4 is 0 Å². The molecular weight excluding hydrogens is 188 g/mol. The van der Waals surface area contributed by atoms with Gasteiger partial charge in [-0.05, 0) is 24.5 Å². The fraction of sp³-hybridized carbons (Fsp3) is 0.615. The number of hydrogen-bond donors (Lipinski definition) is 0. The normalized spacial score (nSPS) is 10.9. The predicted molar refractivity (Wildman–Crippen MR) is 60.7 cm³/mol. The number of Topliss-reactive ketones (excluding diaryl/α,β-unsaturated/α-hetero) is 1. The third-order valence-corrected chi connectivity index (χ3v) is 2.69. The molecule has 1 aromatic rings. The van der Waals surface area contributed by atoms with Gasteiger partial charge < -0.3 is 4.42 Å². The molecule has 0 saturated carbocycles. The highest BCUT2D eigenvalue weighted by atomic mass is 16.3. The van der Waals surface area contributed by atoms with Crippen molar-refractivity contribution >= 4 is 5.78 Å². The van der Waals surface area contributed by atoms with E-state index in [9.17, 15) is 4.79 Å². The fourth-order valence-corrected chi connectivity index (χ4v) is 1.90. The van der Waals surface area contributed by atoms with Crippen LogP contribution in [0.2, 0.25) is 0 Å². The van der Waals surface area contributed by atoms with Crippen LogP contribution in [0.3, 0.4) is 0 Å². The van der Waals surface area contributed by atoms with Crippen molar-refractivity contribution in [2.75, 3.05) is 0 Å². The van der Waals surface area contributed by atoms with E-state index >= 15 is 0 Å². The topological polar surface area (TPSA) is 30.2 Å². The summed E-state index contributed by atoms with van der Waals surface area (Å²) in [6, 6.07) is 1.87. The first-order chi connectivity index (χ1) is 7.27. The van der Waals surface area contributed by atoms with Crippen LogP contribution in [0.1, 0.15) is 45.1 Å². The van der Waals surface area contributed by atoms with Crippen LogP contribution in [0.25, 0.3) is 0 Å². The molecule has 2 heteroatoms. The largest absolute Gasteiger partial charge is 0.472 e. The molecule has 1 rings (SSSR count). The maximum atomic E-state index is 11.9. The molecule has 0 atom stereocenters. The number of carbonyl (C=O) groups is 1. The zero-order valence-electron chi connectivity index (χ0n) is 9.66. The second-order valence-electron chi connectivity index (χ2n) is 4.05. The van der Waals surface area contributed by atoms with Gasteiger partial charge in [0.05, 0.1) is 12.5 Å². The maximum Gasteiger partial charge on any atom is 0.140 e. The van der Waals surface area contributed by atoms with Crippen molar-refractivity contribution in [3.05, 3.63) is 24.2 Å². The van der Waals surface area contributed by atoms with Gasteiger partial charge in [0.15, 0.2) is 0 Å². The molecule has 15 heavy (non-hydrogen) atoms. The van der Waals surface area contributed by atoms with Crippen LogP contribution in [0.5, 0.6) is 0 Å². The molecule has 0 amide bonds. The molecule has 0 unspecified atom stereocenters. The van der Waals surface area contributed by atoms with Crippen molar-refractivity contribution < 1.29 is 9.21 Å². The van der Waals surface area contributed by atoms with Gasteiger partial charge in [-0.2, -0.15) is 0 Å². The lowest BCUT2D eigenvalue weighted by atomic mass is 9.91. The van der Waals surface area contributed by atoms with Crippen molar-refractivity contribution in [2.24, 2.45) is 5.92 Å². The van der Waals surface area contributed by atoms with E-state index in [1.807, 2.05) is 6.07 Å². The van der Waals surface area contributed by atoms with Gasteiger partial charge in [-0.15, -0.1) is 0 Å². The van der Waals surface area contributed by atoms with Crippen molar-refractivity contribution in [3.63, 3.8) is 0 Å². The molecule has 0 aliphatic rings. The van der Waals surface area contributed by atoms with Gasteiger partial charge in [0.2, 0.25) is 0 Å². The summed E-state index contributed by atoms with van der Waals surface area (Å²) in [5, 5.41) is 0. The first kappa shape index (κ1) is 12.0. The Morgan fingerprint density at radius 1 is 1.33 bits per heavy atom. The van der Waals surface area contributed by atoms with Gasteiger partial charge in [0.25, 0.3) is 0 Å². The first-order valence-corrected chi connectivity index (χ1v) is 5.81. The Hall–Kier alpha value is -1.05. The number of ketones is 1. The van der Waals surface area contributed by atoms with Crippen molar-refractivity contribution in [1.82, 2.24) is 0 Å². The van der Waals surface area contributed by atoms with Crippen molar-refractivity contribution in [2.45, 2.75) is 46.0 Å².